The molecule has 2 rings (SSSR count). The highest BCUT2D eigenvalue weighted by molar-refractivity contribution is 5.95. The number of nitrogens with zero attached hydrogens (tertiary/aromatic N) is 2. The molecule has 0 radical (unpaired) electrons. The van der Waals surface area contributed by atoms with E-state index >= 15 is 0 Å². The highest BCUT2D eigenvalue weighted by Crippen LogP contribution is 2.17. The van der Waals surface area contributed by atoms with Gasteiger partial charge in [0.15, 0.2) is 0 Å². The molecule has 0 aromatic carbocycles. The second-order valence-corrected chi connectivity index (χ2v) is 5.14. The minimum atomic E-state index is 0.177. The fourth-order valence-corrected chi connectivity index (χ4v) is 2.79. The molecule has 1 N–H and O–H groups in total. The maximum atomic E-state index is 12.5. The van der Waals surface area contributed by atoms with Crippen molar-refractivity contribution in [3.8, 4) is 0 Å². The largest absolute Gasteiger partial charge is 0.349 e. The first kappa shape index (κ1) is 13.1. The van der Waals surface area contributed by atoms with Gasteiger partial charge in [0, 0.05) is 43.6 Å². The zero-order valence-electron chi connectivity index (χ0n) is 11.8. The van der Waals surface area contributed by atoms with Gasteiger partial charge in [-0.25, -0.2) is 0 Å². The van der Waals surface area contributed by atoms with Crippen molar-refractivity contribution in [3.05, 3.63) is 23.0 Å². The van der Waals surface area contributed by atoms with Crippen LogP contribution in [0.5, 0.6) is 0 Å². The molecule has 0 bridgehead atoms. The Kier molecular flexibility index (Phi) is 3.76. The van der Waals surface area contributed by atoms with Gasteiger partial charge >= 0.3 is 0 Å². The molecule has 4 nitrogen and oxygen atoms in total. The molecule has 1 atom stereocenters. The Bertz CT molecular complexity index is 450. The van der Waals surface area contributed by atoms with Crippen molar-refractivity contribution < 1.29 is 4.79 Å². The van der Waals surface area contributed by atoms with E-state index < -0.39 is 0 Å². The fourth-order valence-electron chi connectivity index (χ4n) is 2.79. The smallest absolute Gasteiger partial charge is 0.255 e. The van der Waals surface area contributed by atoms with Crippen LogP contribution in [-0.4, -0.2) is 41.1 Å². The lowest BCUT2D eigenvalue weighted by Crippen LogP contribution is -2.51. The summed E-state index contributed by atoms with van der Waals surface area (Å²) in [4.78, 5) is 14.5. The molecule has 0 spiro atoms. The van der Waals surface area contributed by atoms with Gasteiger partial charge in [-0.1, -0.05) is 0 Å². The summed E-state index contributed by atoms with van der Waals surface area (Å²) in [6.45, 7) is 11.7. The number of carbonyl (C=O) groups excluding carboxylic acids is 1. The number of aryl methyl sites for hydroxylation is 1. The van der Waals surface area contributed by atoms with Gasteiger partial charge in [0.1, 0.15) is 0 Å². The van der Waals surface area contributed by atoms with Gasteiger partial charge in [-0.3, -0.25) is 4.79 Å². The van der Waals surface area contributed by atoms with E-state index in [4.69, 9.17) is 0 Å². The minimum Gasteiger partial charge on any atom is -0.349 e. The number of hydrogen-bond acceptors (Lipinski definition) is 2. The average molecular weight is 249 g/mol. The Hall–Kier alpha value is -1.29. The molecule has 1 aromatic heterocycles. The molecule has 1 amide bonds. The van der Waals surface area contributed by atoms with E-state index in [2.05, 4.69) is 30.7 Å². The number of aromatic nitrogens is 1. The van der Waals surface area contributed by atoms with Crippen molar-refractivity contribution in [1.29, 1.82) is 0 Å². The van der Waals surface area contributed by atoms with Crippen molar-refractivity contribution in [1.82, 2.24) is 14.8 Å². The van der Waals surface area contributed by atoms with Crippen LogP contribution < -0.4 is 5.32 Å². The molecule has 2 heterocycles. The Morgan fingerprint density at radius 3 is 2.78 bits per heavy atom. The molecule has 1 unspecified atom stereocenters. The Morgan fingerprint density at radius 1 is 1.50 bits per heavy atom. The van der Waals surface area contributed by atoms with Gasteiger partial charge in [-0.05, 0) is 33.8 Å². The van der Waals surface area contributed by atoms with Crippen LogP contribution in [0.25, 0.3) is 0 Å². The number of piperazine rings is 1. The summed E-state index contributed by atoms with van der Waals surface area (Å²) in [6.07, 6.45) is 0. The van der Waals surface area contributed by atoms with Gasteiger partial charge in [0.25, 0.3) is 5.91 Å². The molecule has 4 heteroatoms. The second-order valence-electron chi connectivity index (χ2n) is 5.14. The summed E-state index contributed by atoms with van der Waals surface area (Å²) in [5, 5.41) is 3.36. The van der Waals surface area contributed by atoms with E-state index in [1.165, 1.54) is 5.69 Å². The summed E-state index contributed by atoms with van der Waals surface area (Å²) in [5.41, 5.74) is 3.12. The molecule has 1 aliphatic heterocycles. The van der Waals surface area contributed by atoms with E-state index in [0.29, 0.717) is 6.04 Å². The standard InChI is InChI=1S/C14H23N3O/c1-5-17-11(3)8-13(12(17)4)14(18)16-7-6-15-10(2)9-16/h8,10,15H,5-7,9H2,1-4H3. The minimum absolute atomic E-state index is 0.177. The topological polar surface area (TPSA) is 37.3 Å². The van der Waals surface area contributed by atoms with Crippen LogP contribution in [0.15, 0.2) is 6.07 Å². The van der Waals surface area contributed by atoms with Crippen LogP contribution in [0.3, 0.4) is 0 Å². The number of carbonyl (C=O) groups is 1. The lowest BCUT2D eigenvalue weighted by molar-refractivity contribution is 0.0708. The summed E-state index contributed by atoms with van der Waals surface area (Å²) in [7, 11) is 0. The van der Waals surface area contributed by atoms with Gasteiger partial charge < -0.3 is 14.8 Å². The molecular weight excluding hydrogens is 226 g/mol. The van der Waals surface area contributed by atoms with Crippen molar-refractivity contribution in [2.24, 2.45) is 0 Å². The van der Waals surface area contributed by atoms with Gasteiger partial charge in [-0.2, -0.15) is 0 Å². The van der Waals surface area contributed by atoms with Crippen LogP contribution in [0.2, 0.25) is 0 Å². The van der Waals surface area contributed by atoms with Crippen molar-refractivity contribution >= 4 is 5.91 Å². The SMILES string of the molecule is CCn1c(C)cc(C(=O)N2CCNC(C)C2)c1C. The van der Waals surface area contributed by atoms with E-state index in [0.717, 1.165) is 37.4 Å². The third-order valence-corrected chi connectivity index (χ3v) is 3.78. The first-order valence-corrected chi connectivity index (χ1v) is 6.74. The highest BCUT2D eigenvalue weighted by atomic mass is 16.2. The van der Waals surface area contributed by atoms with E-state index in [1.807, 2.05) is 17.9 Å². The molecule has 1 aliphatic rings. The van der Waals surface area contributed by atoms with Crippen molar-refractivity contribution in [2.45, 2.75) is 40.3 Å². The van der Waals surface area contributed by atoms with Crippen molar-refractivity contribution in [2.75, 3.05) is 19.6 Å². The van der Waals surface area contributed by atoms with E-state index in [9.17, 15) is 4.79 Å². The molecule has 18 heavy (non-hydrogen) atoms. The Morgan fingerprint density at radius 2 is 2.22 bits per heavy atom. The van der Waals surface area contributed by atoms with Crippen LogP contribution >= 0.6 is 0 Å². The number of rotatable bonds is 2. The highest BCUT2D eigenvalue weighted by Gasteiger charge is 2.24. The normalized spacial score (nSPS) is 20.2. The van der Waals surface area contributed by atoms with Gasteiger partial charge in [0.2, 0.25) is 0 Å². The van der Waals surface area contributed by atoms with E-state index in [-0.39, 0.29) is 5.91 Å². The zero-order chi connectivity index (χ0) is 13.3. The number of amides is 1. The van der Waals surface area contributed by atoms with Crippen LogP contribution in [0.4, 0.5) is 0 Å². The molecule has 1 aromatic rings. The Labute approximate surface area is 109 Å². The van der Waals surface area contributed by atoms with Crippen molar-refractivity contribution in [3.63, 3.8) is 0 Å². The monoisotopic (exact) mass is 249 g/mol. The number of nitrogens with one attached hydrogen (secondary N) is 1. The average Bonchev–Trinajstić information content (AvgIpc) is 2.63. The lowest BCUT2D eigenvalue weighted by Gasteiger charge is -2.32. The third kappa shape index (κ3) is 2.29. The van der Waals surface area contributed by atoms with Gasteiger partial charge in [-0.15, -0.1) is 0 Å². The molecule has 1 fully saturated rings. The maximum absolute atomic E-state index is 12.5. The molecule has 100 valence electrons. The predicted molar refractivity (Wildman–Crippen MR) is 72.9 cm³/mol. The quantitative estimate of drug-likeness (QED) is 0.863. The van der Waals surface area contributed by atoms with Crippen LogP contribution in [0.1, 0.15) is 35.6 Å². The fraction of sp³-hybridized carbons (Fsp3) is 0.643. The number of hydrogen-bond donors (Lipinski definition) is 1. The molecule has 0 saturated carbocycles. The molecule has 1 saturated heterocycles. The van der Waals surface area contributed by atoms with Gasteiger partial charge in [0.05, 0.1) is 5.56 Å². The van der Waals surface area contributed by atoms with E-state index in [1.54, 1.807) is 0 Å². The second kappa shape index (κ2) is 5.14. The third-order valence-electron chi connectivity index (χ3n) is 3.78. The summed E-state index contributed by atoms with van der Waals surface area (Å²) < 4.78 is 2.19. The van der Waals surface area contributed by atoms with Crippen LogP contribution in [-0.2, 0) is 6.54 Å². The Balaban J connectivity index is 2.23. The first-order chi connectivity index (χ1) is 8.54. The molecular formula is C14H23N3O. The lowest BCUT2D eigenvalue weighted by atomic mass is 10.1. The zero-order valence-corrected chi connectivity index (χ0v) is 11.8. The maximum Gasteiger partial charge on any atom is 0.255 e. The summed E-state index contributed by atoms with van der Waals surface area (Å²) in [6, 6.07) is 2.41. The molecule has 0 aliphatic carbocycles. The summed E-state index contributed by atoms with van der Waals surface area (Å²) >= 11 is 0. The predicted octanol–water partition coefficient (Wildman–Crippen LogP) is 1.56. The van der Waals surface area contributed by atoms with Crippen LogP contribution in [0, 0.1) is 13.8 Å². The summed E-state index contributed by atoms with van der Waals surface area (Å²) in [5.74, 6) is 0.177. The first-order valence-electron chi connectivity index (χ1n) is 6.74.